The van der Waals surface area contributed by atoms with E-state index in [0.717, 1.165) is 48.2 Å². The van der Waals surface area contributed by atoms with Crippen LogP contribution in [0.4, 0.5) is 0 Å². The molecule has 0 spiro atoms. The number of hydrogen-bond donors (Lipinski definition) is 2. The van der Waals surface area contributed by atoms with Gasteiger partial charge in [0.25, 0.3) is 0 Å². The van der Waals surface area contributed by atoms with Crippen LogP contribution < -0.4 is 20.1 Å². The highest BCUT2D eigenvalue weighted by atomic mass is 79.9. The number of benzene rings is 2. The fourth-order valence-electron chi connectivity index (χ4n) is 2.55. The first kappa shape index (κ1) is 28.6. The van der Waals surface area contributed by atoms with Crippen LogP contribution in [0.2, 0.25) is 10.0 Å². The number of rotatable bonds is 11. The third kappa shape index (κ3) is 9.52. The van der Waals surface area contributed by atoms with Crippen molar-refractivity contribution in [2.45, 2.75) is 26.5 Å². The average molecular weight is 549 g/mol. The predicted octanol–water partition coefficient (Wildman–Crippen LogP) is 6.28. The summed E-state index contributed by atoms with van der Waals surface area (Å²) in [6, 6.07) is 9.39. The lowest BCUT2D eigenvalue weighted by molar-refractivity contribution is 0.282. The van der Waals surface area contributed by atoms with E-state index in [1.54, 1.807) is 19.2 Å². The fourth-order valence-corrected chi connectivity index (χ4v) is 3.62. The van der Waals surface area contributed by atoms with Gasteiger partial charge in [0.15, 0.2) is 11.5 Å². The summed E-state index contributed by atoms with van der Waals surface area (Å²) < 4.78 is 12.3. The van der Waals surface area contributed by atoms with Crippen molar-refractivity contribution in [3.63, 3.8) is 0 Å². The molecule has 0 fully saturated rings. The SMILES string of the molecule is CCNCCCNCc1cc(Br)c(OCc2ccc(Cl)cc2Cl)c(OC)c1.Cl.Cl. The van der Waals surface area contributed by atoms with Crippen LogP contribution in [0.5, 0.6) is 11.5 Å². The molecule has 2 N–H and O–H groups in total. The maximum atomic E-state index is 6.22. The molecule has 0 aliphatic heterocycles. The highest BCUT2D eigenvalue weighted by Crippen LogP contribution is 2.37. The van der Waals surface area contributed by atoms with E-state index >= 15 is 0 Å². The van der Waals surface area contributed by atoms with Gasteiger partial charge in [-0.2, -0.15) is 0 Å². The van der Waals surface area contributed by atoms with Crippen molar-refractivity contribution in [1.29, 1.82) is 0 Å². The summed E-state index contributed by atoms with van der Waals surface area (Å²) in [6.45, 7) is 6.20. The number of halogens is 5. The molecule has 0 unspecified atom stereocenters. The number of ether oxygens (including phenoxy) is 2. The van der Waals surface area contributed by atoms with Gasteiger partial charge >= 0.3 is 0 Å². The molecule has 2 aromatic carbocycles. The van der Waals surface area contributed by atoms with Gasteiger partial charge in [0, 0.05) is 22.2 Å². The molecular formula is C20H27BrCl4N2O2. The molecule has 2 aromatic rings. The Morgan fingerprint density at radius 1 is 1.03 bits per heavy atom. The highest BCUT2D eigenvalue weighted by molar-refractivity contribution is 9.10. The third-order valence-electron chi connectivity index (χ3n) is 3.96. The van der Waals surface area contributed by atoms with Gasteiger partial charge in [0.05, 0.1) is 11.6 Å². The van der Waals surface area contributed by atoms with Crippen LogP contribution in [0, 0.1) is 0 Å². The van der Waals surface area contributed by atoms with E-state index in [4.69, 9.17) is 32.7 Å². The summed E-state index contributed by atoms with van der Waals surface area (Å²) in [6.07, 6.45) is 1.09. The Labute approximate surface area is 204 Å². The maximum absolute atomic E-state index is 6.22. The zero-order valence-corrected chi connectivity index (χ0v) is 21.1. The van der Waals surface area contributed by atoms with Crippen LogP contribution in [0.25, 0.3) is 0 Å². The van der Waals surface area contributed by atoms with Crippen LogP contribution in [0.1, 0.15) is 24.5 Å². The minimum atomic E-state index is 0. The Morgan fingerprint density at radius 2 is 1.76 bits per heavy atom. The summed E-state index contributed by atoms with van der Waals surface area (Å²) in [5, 5.41) is 7.94. The van der Waals surface area contributed by atoms with E-state index in [9.17, 15) is 0 Å². The van der Waals surface area contributed by atoms with Gasteiger partial charge in [-0.05, 0) is 71.8 Å². The molecular weight excluding hydrogens is 522 g/mol. The minimum Gasteiger partial charge on any atom is -0.493 e. The molecule has 0 saturated heterocycles. The first-order valence-electron chi connectivity index (χ1n) is 8.89. The van der Waals surface area contributed by atoms with Crippen LogP contribution in [-0.4, -0.2) is 26.7 Å². The molecule has 0 atom stereocenters. The third-order valence-corrected chi connectivity index (χ3v) is 5.14. The summed E-state index contributed by atoms with van der Waals surface area (Å²) in [4.78, 5) is 0. The van der Waals surface area contributed by atoms with E-state index in [0.29, 0.717) is 28.2 Å². The minimum absolute atomic E-state index is 0. The summed E-state index contributed by atoms with van der Waals surface area (Å²) in [5.41, 5.74) is 1.99. The van der Waals surface area contributed by atoms with Gasteiger partial charge in [-0.3, -0.25) is 0 Å². The molecule has 4 nitrogen and oxygen atoms in total. The van der Waals surface area contributed by atoms with Crippen molar-refractivity contribution < 1.29 is 9.47 Å². The molecule has 0 radical (unpaired) electrons. The standard InChI is InChI=1S/C20H25BrCl2N2O2.2ClH/c1-3-24-7-4-8-25-12-14-9-17(21)20(19(10-14)26-2)27-13-15-5-6-16(22)11-18(15)23;;/h5-6,9-11,24-25H,3-4,7-8,12-13H2,1-2H3;2*1H. The van der Waals surface area contributed by atoms with Gasteiger partial charge in [-0.1, -0.05) is 36.2 Å². The Hall–Kier alpha value is -0.400. The zero-order chi connectivity index (χ0) is 19.6. The van der Waals surface area contributed by atoms with Crippen LogP contribution in [0.15, 0.2) is 34.8 Å². The lowest BCUT2D eigenvalue weighted by atomic mass is 10.2. The van der Waals surface area contributed by atoms with E-state index in [1.165, 1.54) is 0 Å². The van der Waals surface area contributed by atoms with E-state index in [1.807, 2.05) is 18.2 Å². The number of nitrogens with one attached hydrogen (secondary N) is 2. The summed E-state index contributed by atoms with van der Waals surface area (Å²) >= 11 is 15.7. The first-order chi connectivity index (χ1) is 13.0. The second-order valence-electron chi connectivity index (χ2n) is 6.02. The molecule has 0 heterocycles. The summed E-state index contributed by atoms with van der Waals surface area (Å²) in [5.74, 6) is 1.33. The monoisotopic (exact) mass is 546 g/mol. The normalized spacial score (nSPS) is 10.1. The van der Waals surface area contributed by atoms with Crippen LogP contribution >= 0.6 is 63.9 Å². The van der Waals surface area contributed by atoms with Crippen molar-refractivity contribution in [3.05, 3.63) is 56.0 Å². The van der Waals surface area contributed by atoms with E-state index in [-0.39, 0.29) is 24.8 Å². The molecule has 0 aliphatic carbocycles. The van der Waals surface area contributed by atoms with Crippen LogP contribution in [-0.2, 0) is 13.2 Å². The largest absolute Gasteiger partial charge is 0.493 e. The predicted molar refractivity (Wildman–Crippen MR) is 131 cm³/mol. The lowest BCUT2D eigenvalue weighted by Crippen LogP contribution is -2.21. The molecule has 0 bridgehead atoms. The van der Waals surface area contributed by atoms with E-state index < -0.39 is 0 Å². The van der Waals surface area contributed by atoms with Gasteiger partial charge in [0.1, 0.15) is 6.61 Å². The Kier molecular flexibility index (Phi) is 15.2. The summed E-state index contributed by atoms with van der Waals surface area (Å²) in [7, 11) is 1.64. The van der Waals surface area contributed by atoms with Crippen molar-refractivity contribution in [1.82, 2.24) is 10.6 Å². The molecule has 0 aromatic heterocycles. The zero-order valence-electron chi connectivity index (χ0n) is 16.4. The van der Waals surface area contributed by atoms with Gasteiger partial charge in [0.2, 0.25) is 0 Å². The lowest BCUT2D eigenvalue weighted by Gasteiger charge is -2.15. The molecule has 29 heavy (non-hydrogen) atoms. The van der Waals surface area contributed by atoms with Crippen LogP contribution in [0.3, 0.4) is 0 Å². The molecule has 164 valence electrons. The quantitative estimate of drug-likeness (QED) is 0.324. The molecule has 0 saturated carbocycles. The average Bonchev–Trinajstić information content (AvgIpc) is 2.64. The van der Waals surface area contributed by atoms with Crippen molar-refractivity contribution in [2.75, 3.05) is 26.7 Å². The Bertz CT molecular complexity index is 751. The second-order valence-corrected chi connectivity index (χ2v) is 7.72. The fraction of sp³-hybridized carbons (Fsp3) is 0.400. The smallest absolute Gasteiger partial charge is 0.175 e. The maximum Gasteiger partial charge on any atom is 0.175 e. The highest BCUT2D eigenvalue weighted by Gasteiger charge is 2.13. The second kappa shape index (κ2) is 15.4. The van der Waals surface area contributed by atoms with Crippen molar-refractivity contribution in [3.8, 4) is 11.5 Å². The number of hydrogen-bond acceptors (Lipinski definition) is 4. The molecule has 9 heteroatoms. The van der Waals surface area contributed by atoms with Crippen molar-refractivity contribution >= 4 is 63.9 Å². The Morgan fingerprint density at radius 3 is 2.41 bits per heavy atom. The van der Waals surface area contributed by atoms with Gasteiger partial charge in [-0.25, -0.2) is 0 Å². The van der Waals surface area contributed by atoms with E-state index in [2.05, 4.69) is 33.5 Å². The van der Waals surface area contributed by atoms with Gasteiger partial charge < -0.3 is 20.1 Å². The van der Waals surface area contributed by atoms with Crippen molar-refractivity contribution in [2.24, 2.45) is 0 Å². The Balaban J connectivity index is 0.00000392. The topological polar surface area (TPSA) is 42.5 Å². The van der Waals surface area contributed by atoms with Gasteiger partial charge in [-0.15, -0.1) is 24.8 Å². The molecule has 0 aliphatic rings. The molecule has 2 rings (SSSR count). The number of methoxy groups -OCH3 is 1. The molecule has 0 amide bonds. The first-order valence-corrected chi connectivity index (χ1v) is 10.4.